The maximum absolute atomic E-state index is 12.2. The van der Waals surface area contributed by atoms with Gasteiger partial charge in [-0.3, -0.25) is 4.79 Å². The van der Waals surface area contributed by atoms with Gasteiger partial charge in [-0.15, -0.1) is 11.3 Å². The molecule has 2 aromatic heterocycles. The predicted octanol–water partition coefficient (Wildman–Crippen LogP) is 2.46. The third-order valence-electron chi connectivity index (χ3n) is 3.60. The van der Waals surface area contributed by atoms with Crippen LogP contribution < -0.4 is 5.32 Å². The lowest BCUT2D eigenvalue weighted by molar-refractivity contribution is -0.394. The minimum Gasteiger partial charge on any atom is -0.462 e. The predicted molar refractivity (Wildman–Crippen MR) is 94.3 cm³/mol. The highest BCUT2D eigenvalue weighted by molar-refractivity contribution is 7.16. The van der Waals surface area contributed by atoms with E-state index in [1.165, 1.54) is 22.3 Å². The van der Waals surface area contributed by atoms with E-state index in [4.69, 9.17) is 4.74 Å². The maximum Gasteiger partial charge on any atom is 0.490 e. The molecule has 0 saturated heterocycles. The van der Waals surface area contributed by atoms with Crippen LogP contribution in [0.3, 0.4) is 0 Å². The van der Waals surface area contributed by atoms with Gasteiger partial charge in [-0.05, 0) is 37.7 Å². The normalized spacial score (nSPS) is 10.6. The molecule has 0 aliphatic carbocycles. The Kier molecular flexibility index (Phi) is 6.39. The number of aromatic nitrogens is 3. The Morgan fingerprint density at radius 3 is 2.77 bits per heavy atom. The molecule has 2 rings (SSSR count). The molecule has 0 unspecified atom stereocenters. The molecule has 0 spiro atoms. The van der Waals surface area contributed by atoms with Crippen molar-refractivity contribution in [2.45, 2.75) is 40.2 Å². The summed E-state index contributed by atoms with van der Waals surface area (Å²) < 4.78 is 6.36. The van der Waals surface area contributed by atoms with Crippen molar-refractivity contribution in [2.75, 3.05) is 11.9 Å². The van der Waals surface area contributed by atoms with Crippen LogP contribution in [0, 0.1) is 24.0 Å². The summed E-state index contributed by atoms with van der Waals surface area (Å²) >= 11 is 1.32. The second-order valence-corrected chi connectivity index (χ2v) is 6.65. The van der Waals surface area contributed by atoms with E-state index in [9.17, 15) is 19.7 Å². The molecular weight excluding hydrogens is 362 g/mol. The van der Waals surface area contributed by atoms with Gasteiger partial charge in [0.15, 0.2) is 0 Å². The molecule has 2 aromatic rings. The van der Waals surface area contributed by atoms with Crippen LogP contribution in [0.1, 0.15) is 40.6 Å². The Morgan fingerprint density at radius 2 is 2.15 bits per heavy atom. The molecule has 0 aromatic carbocycles. The largest absolute Gasteiger partial charge is 0.490 e. The van der Waals surface area contributed by atoms with Crippen LogP contribution in [0.2, 0.25) is 0 Å². The van der Waals surface area contributed by atoms with E-state index < -0.39 is 16.8 Å². The first kappa shape index (κ1) is 19.5. The number of thiophene rings is 1. The van der Waals surface area contributed by atoms with Crippen molar-refractivity contribution < 1.29 is 19.2 Å². The fourth-order valence-electron chi connectivity index (χ4n) is 2.23. The average Bonchev–Trinajstić information content (AvgIpc) is 3.13. The summed E-state index contributed by atoms with van der Waals surface area (Å²) in [7, 11) is 0. The van der Waals surface area contributed by atoms with E-state index in [1.807, 2.05) is 13.8 Å². The monoisotopic (exact) mass is 381 g/mol. The van der Waals surface area contributed by atoms with Crippen molar-refractivity contribution in [2.24, 2.45) is 0 Å². The molecule has 0 fully saturated rings. The molecular formula is C15H19N5O5S. The molecule has 0 bridgehead atoms. The standard InChI is InChI=1S/C15H19N5O5S/c1-4-25-14(22)12-9(2)10(3)26-13(12)17-11(21)6-5-7-19-8-16-15(18-19)20(23)24/h8H,4-7H2,1-3H3,(H,17,21). The maximum atomic E-state index is 12.2. The second kappa shape index (κ2) is 8.52. The van der Waals surface area contributed by atoms with E-state index in [-0.39, 0.29) is 18.9 Å². The van der Waals surface area contributed by atoms with Crippen LogP contribution in [0.4, 0.5) is 10.9 Å². The summed E-state index contributed by atoms with van der Waals surface area (Å²) in [6, 6.07) is 0. The van der Waals surface area contributed by atoms with Gasteiger partial charge >= 0.3 is 11.9 Å². The first-order valence-electron chi connectivity index (χ1n) is 7.94. The third kappa shape index (κ3) is 4.63. The molecule has 0 aliphatic rings. The lowest BCUT2D eigenvalue weighted by Crippen LogP contribution is -2.15. The lowest BCUT2D eigenvalue weighted by Gasteiger charge is -2.07. The highest BCUT2D eigenvalue weighted by Gasteiger charge is 2.22. The Morgan fingerprint density at radius 1 is 1.42 bits per heavy atom. The summed E-state index contributed by atoms with van der Waals surface area (Å²) in [5.74, 6) is -1.19. The van der Waals surface area contributed by atoms with Gasteiger partial charge in [0.2, 0.25) is 12.2 Å². The zero-order valence-corrected chi connectivity index (χ0v) is 15.5. The smallest absolute Gasteiger partial charge is 0.462 e. The number of anilines is 1. The highest BCUT2D eigenvalue weighted by Crippen LogP contribution is 2.33. The number of nitrogens with one attached hydrogen (secondary N) is 1. The molecule has 2 heterocycles. The molecule has 0 saturated carbocycles. The summed E-state index contributed by atoms with van der Waals surface area (Å²) in [6.07, 6.45) is 1.84. The van der Waals surface area contributed by atoms with E-state index in [2.05, 4.69) is 15.4 Å². The minimum absolute atomic E-state index is 0.173. The van der Waals surface area contributed by atoms with Gasteiger partial charge in [0.05, 0.1) is 18.7 Å². The number of rotatable bonds is 8. The van der Waals surface area contributed by atoms with Gasteiger partial charge in [-0.2, -0.15) is 4.68 Å². The number of nitro groups is 1. The number of carbonyl (C=O) groups excluding carboxylic acids is 2. The molecule has 0 radical (unpaired) electrons. The number of hydrogen-bond acceptors (Lipinski definition) is 8. The Labute approximate surface area is 153 Å². The highest BCUT2D eigenvalue weighted by atomic mass is 32.1. The Balaban J connectivity index is 1.94. The summed E-state index contributed by atoms with van der Waals surface area (Å²) in [5, 5.41) is 17.4. The molecule has 140 valence electrons. The van der Waals surface area contributed by atoms with Gasteiger partial charge in [-0.25, -0.2) is 4.79 Å². The molecule has 10 nitrogen and oxygen atoms in total. The van der Waals surface area contributed by atoms with Crippen LogP contribution in [0.15, 0.2) is 6.33 Å². The van der Waals surface area contributed by atoms with Crippen molar-refractivity contribution in [3.63, 3.8) is 0 Å². The van der Waals surface area contributed by atoms with Gasteiger partial charge in [0.25, 0.3) is 0 Å². The fraction of sp³-hybridized carbons (Fsp3) is 0.467. The summed E-state index contributed by atoms with van der Waals surface area (Å²) in [5.41, 5.74) is 1.17. The molecule has 11 heteroatoms. The zero-order chi connectivity index (χ0) is 19.3. The van der Waals surface area contributed by atoms with Crippen molar-refractivity contribution in [3.05, 3.63) is 32.4 Å². The van der Waals surface area contributed by atoms with Crippen LogP contribution in [-0.2, 0) is 16.1 Å². The molecule has 26 heavy (non-hydrogen) atoms. The fourth-order valence-corrected chi connectivity index (χ4v) is 3.30. The summed E-state index contributed by atoms with van der Waals surface area (Å²) in [4.78, 5) is 38.6. The third-order valence-corrected chi connectivity index (χ3v) is 4.72. The summed E-state index contributed by atoms with van der Waals surface area (Å²) in [6.45, 7) is 5.98. The SMILES string of the molecule is CCOC(=O)c1c(NC(=O)CCCn2cnc([N+](=O)[O-])n2)sc(C)c1C. The first-order valence-corrected chi connectivity index (χ1v) is 8.76. The number of amides is 1. The quantitative estimate of drug-likeness (QED) is 0.422. The van der Waals surface area contributed by atoms with E-state index in [1.54, 1.807) is 6.92 Å². The first-order chi connectivity index (χ1) is 12.3. The molecule has 1 N–H and O–H groups in total. The van der Waals surface area contributed by atoms with Crippen molar-refractivity contribution >= 4 is 34.2 Å². The van der Waals surface area contributed by atoms with Crippen LogP contribution >= 0.6 is 11.3 Å². The zero-order valence-electron chi connectivity index (χ0n) is 14.6. The molecule has 0 aliphatic heterocycles. The van der Waals surface area contributed by atoms with Crippen molar-refractivity contribution in [3.8, 4) is 0 Å². The van der Waals surface area contributed by atoms with Crippen molar-refractivity contribution in [1.82, 2.24) is 14.8 Å². The number of ether oxygens (including phenoxy) is 1. The average molecular weight is 381 g/mol. The Hall–Kier alpha value is -2.82. The number of carbonyl (C=O) groups is 2. The van der Waals surface area contributed by atoms with E-state index >= 15 is 0 Å². The Bertz CT molecular complexity index is 829. The minimum atomic E-state index is -0.679. The topological polar surface area (TPSA) is 129 Å². The van der Waals surface area contributed by atoms with Crippen LogP contribution in [0.5, 0.6) is 0 Å². The van der Waals surface area contributed by atoms with Crippen LogP contribution in [-0.4, -0.2) is 38.2 Å². The number of aryl methyl sites for hydroxylation is 2. The molecule has 0 atom stereocenters. The second-order valence-electron chi connectivity index (χ2n) is 5.42. The van der Waals surface area contributed by atoms with Gasteiger partial charge in [0.1, 0.15) is 5.00 Å². The number of nitrogens with zero attached hydrogens (tertiary/aromatic N) is 4. The van der Waals surface area contributed by atoms with Gasteiger partial charge in [0, 0.05) is 16.4 Å². The van der Waals surface area contributed by atoms with Gasteiger partial charge in [-0.1, -0.05) is 4.98 Å². The van der Waals surface area contributed by atoms with E-state index in [0.717, 1.165) is 10.4 Å². The van der Waals surface area contributed by atoms with Gasteiger partial charge < -0.3 is 20.2 Å². The lowest BCUT2D eigenvalue weighted by atomic mass is 10.1. The number of esters is 1. The van der Waals surface area contributed by atoms with Crippen molar-refractivity contribution in [1.29, 1.82) is 0 Å². The van der Waals surface area contributed by atoms with Crippen LogP contribution in [0.25, 0.3) is 0 Å². The van der Waals surface area contributed by atoms with E-state index in [0.29, 0.717) is 23.5 Å². The molecule has 1 amide bonds. The number of hydrogen-bond donors (Lipinski definition) is 1.